The summed E-state index contributed by atoms with van der Waals surface area (Å²) in [5.74, 6) is -0.671. The summed E-state index contributed by atoms with van der Waals surface area (Å²) in [5, 5.41) is 11.3. The molecule has 0 bridgehead atoms. The van der Waals surface area contributed by atoms with E-state index in [1.54, 1.807) is 20.0 Å². The molecule has 2 aromatic rings. The molecule has 3 rings (SSSR count). The van der Waals surface area contributed by atoms with Crippen LogP contribution in [0.3, 0.4) is 0 Å². The van der Waals surface area contributed by atoms with E-state index < -0.39 is 11.5 Å². The topological polar surface area (TPSA) is 69.1 Å². The van der Waals surface area contributed by atoms with Crippen LogP contribution in [-0.4, -0.2) is 28.8 Å². The first kappa shape index (κ1) is 17.5. The van der Waals surface area contributed by atoms with Gasteiger partial charge in [0.15, 0.2) is 5.96 Å². The van der Waals surface area contributed by atoms with Crippen molar-refractivity contribution < 1.29 is 9.18 Å². The van der Waals surface area contributed by atoms with Gasteiger partial charge in [-0.1, -0.05) is 6.92 Å². The van der Waals surface area contributed by atoms with Gasteiger partial charge >= 0.3 is 0 Å². The van der Waals surface area contributed by atoms with Crippen LogP contribution >= 0.6 is 11.3 Å². The number of hydrogen-bond acceptors (Lipinski definition) is 4. The van der Waals surface area contributed by atoms with E-state index in [2.05, 4.69) is 10.3 Å². The van der Waals surface area contributed by atoms with Gasteiger partial charge < -0.3 is 5.32 Å². The molecule has 132 valence electrons. The Balaban J connectivity index is 2.01. The summed E-state index contributed by atoms with van der Waals surface area (Å²) in [4.78, 5) is 19.7. The summed E-state index contributed by atoms with van der Waals surface area (Å²) in [5.41, 5.74) is 0.710. The van der Waals surface area contributed by atoms with E-state index in [1.807, 2.05) is 26.0 Å². The van der Waals surface area contributed by atoms with Crippen molar-refractivity contribution >= 4 is 23.2 Å². The predicted molar refractivity (Wildman–Crippen MR) is 97.0 cm³/mol. The molecule has 2 aromatic heterocycles. The third kappa shape index (κ3) is 2.82. The number of carbonyl (C=O) groups is 1. The summed E-state index contributed by atoms with van der Waals surface area (Å²) in [7, 11) is 1.62. The van der Waals surface area contributed by atoms with Crippen molar-refractivity contribution in [2.24, 2.45) is 5.92 Å². The Morgan fingerprint density at radius 1 is 1.48 bits per heavy atom. The quantitative estimate of drug-likeness (QED) is 0.823. The van der Waals surface area contributed by atoms with E-state index >= 15 is 0 Å². The average molecular weight is 360 g/mol. The van der Waals surface area contributed by atoms with E-state index in [9.17, 15) is 9.18 Å². The normalized spacial score (nSPS) is 23.7. The lowest BCUT2D eigenvalue weighted by atomic mass is 9.80. The number of pyridine rings is 1. The number of carbonyl (C=O) groups excluding carboxylic acids is 1. The summed E-state index contributed by atoms with van der Waals surface area (Å²) in [6.07, 6.45) is 2.19. The molecule has 0 radical (unpaired) electrons. The first-order chi connectivity index (χ1) is 11.8. The Morgan fingerprint density at radius 2 is 2.20 bits per heavy atom. The second kappa shape index (κ2) is 6.22. The lowest BCUT2D eigenvalue weighted by Crippen LogP contribution is -2.63. The first-order valence-electron chi connectivity index (χ1n) is 8.15. The fourth-order valence-electron chi connectivity index (χ4n) is 3.29. The predicted octanol–water partition coefficient (Wildman–Crippen LogP) is 3.50. The molecule has 5 nitrogen and oxygen atoms in total. The highest BCUT2D eigenvalue weighted by atomic mass is 32.1. The van der Waals surface area contributed by atoms with Gasteiger partial charge in [-0.2, -0.15) is 4.39 Å². The lowest BCUT2D eigenvalue weighted by molar-refractivity contribution is -0.135. The van der Waals surface area contributed by atoms with E-state index in [-0.39, 0.29) is 17.8 Å². The smallest absolute Gasteiger partial charge is 0.234 e. The molecule has 0 aliphatic carbocycles. The van der Waals surface area contributed by atoms with Gasteiger partial charge in [-0.25, -0.2) is 4.98 Å². The van der Waals surface area contributed by atoms with Crippen molar-refractivity contribution in [2.75, 3.05) is 7.05 Å². The van der Waals surface area contributed by atoms with E-state index in [4.69, 9.17) is 5.41 Å². The molecule has 0 saturated carbocycles. The Hall–Kier alpha value is -2.28. The highest BCUT2D eigenvalue weighted by Crippen LogP contribution is 2.41. The molecule has 1 aliphatic rings. The van der Waals surface area contributed by atoms with Gasteiger partial charge in [0.1, 0.15) is 0 Å². The summed E-state index contributed by atoms with van der Waals surface area (Å²) >= 11 is 1.54. The zero-order chi connectivity index (χ0) is 18.4. The third-order valence-electron chi connectivity index (χ3n) is 4.86. The fraction of sp³-hybridized carbons (Fsp3) is 0.389. The summed E-state index contributed by atoms with van der Waals surface area (Å²) in [6, 6.07) is 5.70. The van der Waals surface area contributed by atoms with Gasteiger partial charge in [-0.05, 0) is 38.5 Å². The molecule has 3 heterocycles. The fourth-order valence-corrected chi connectivity index (χ4v) is 4.43. The minimum absolute atomic E-state index is 0.0528. The molecular weight excluding hydrogens is 339 g/mol. The lowest BCUT2D eigenvalue weighted by Gasteiger charge is -2.44. The minimum Gasteiger partial charge on any atom is -0.345 e. The third-order valence-corrected chi connectivity index (χ3v) is 6.24. The molecular formula is C18H21FN4OS. The minimum atomic E-state index is -0.638. The van der Waals surface area contributed by atoms with Gasteiger partial charge in [0.25, 0.3) is 0 Å². The molecule has 7 heteroatoms. The molecule has 1 unspecified atom stereocenters. The summed E-state index contributed by atoms with van der Waals surface area (Å²) < 4.78 is 13.4. The first-order valence-corrected chi connectivity index (χ1v) is 8.96. The van der Waals surface area contributed by atoms with Crippen molar-refractivity contribution in [1.29, 1.82) is 5.41 Å². The number of thiophene rings is 1. The molecule has 0 aromatic carbocycles. The van der Waals surface area contributed by atoms with Gasteiger partial charge in [-0.15, -0.1) is 11.3 Å². The molecule has 0 spiro atoms. The van der Waals surface area contributed by atoms with Crippen molar-refractivity contribution in [3.05, 3.63) is 40.8 Å². The molecule has 1 fully saturated rings. The number of guanidine groups is 1. The number of rotatable bonds is 3. The highest BCUT2D eigenvalue weighted by Gasteiger charge is 2.47. The van der Waals surface area contributed by atoms with Gasteiger partial charge in [0, 0.05) is 34.1 Å². The number of hydrogen-bond donors (Lipinski definition) is 2. The maximum Gasteiger partial charge on any atom is 0.234 e. The van der Waals surface area contributed by atoms with Crippen molar-refractivity contribution in [1.82, 2.24) is 15.2 Å². The van der Waals surface area contributed by atoms with Gasteiger partial charge in [0.05, 0.1) is 11.5 Å². The van der Waals surface area contributed by atoms with Crippen LogP contribution in [-0.2, 0) is 10.3 Å². The zero-order valence-electron chi connectivity index (χ0n) is 14.7. The second-order valence-corrected chi connectivity index (χ2v) is 7.61. The molecule has 1 saturated heterocycles. The Labute approximate surface area is 150 Å². The molecule has 1 aliphatic heterocycles. The monoisotopic (exact) mass is 360 g/mol. The molecule has 1 amide bonds. The van der Waals surface area contributed by atoms with Crippen LogP contribution in [0.1, 0.15) is 30.7 Å². The molecule has 2 atom stereocenters. The number of nitrogens with one attached hydrogen (secondary N) is 2. The number of halogens is 1. The SMILES string of the molecule is CCC1C(=O)N(C)C(=N)N[C@]1(C)c1ccc(-c2cnc(F)c(C)c2)s1. The van der Waals surface area contributed by atoms with Crippen LogP contribution in [0.25, 0.3) is 10.4 Å². The van der Waals surface area contributed by atoms with Crippen LogP contribution in [0.15, 0.2) is 24.4 Å². The van der Waals surface area contributed by atoms with Crippen LogP contribution in [0.2, 0.25) is 0 Å². The van der Waals surface area contributed by atoms with Gasteiger partial charge in [0.2, 0.25) is 11.9 Å². The van der Waals surface area contributed by atoms with Crippen LogP contribution < -0.4 is 5.32 Å². The zero-order valence-corrected chi connectivity index (χ0v) is 15.5. The van der Waals surface area contributed by atoms with E-state index in [1.165, 1.54) is 22.4 Å². The van der Waals surface area contributed by atoms with Crippen molar-refractivity contribution in [2.45, 2.75) is 32.7 Å². The maximum absolute atomic E-state index is 13.4. The maximum atomic E-state index is 13.4. The van der Waals surface area contributed by atoms with Crippen molar-refractivity contribution in [3.8, 4) is 10.4 Å². The van der Waals surface area contributed by atoms with E-state index in [0.29, 0.717) is 12.0 Å². The van der Waals surface area contributed by atoms with Crippen LogP contribution in [0.4, 0.5) is 4.39 Å². The van der Waals surface area contributed by atoms with Crippen molar-refractivity contribution in [3.63, 3.8) is 0 Å². The second-order valence-electron chi connectivity index (χ2n) is 6.53. The van der Waals surface area contributed by atoms with Crippen LogP contribution in [0.5, 0.6) is 0 Å². The number of aryl methyl sites for hydroxylation is 1. The number of amides is 1. The standard InChI is InChI=1S/C18H21FN4OS/c1-5-12-16(24)23(4)17(20)22-18(12,3)14-7-6-13(25-14)11-8-10(2)15(19)21-9-11/h6-9,12H,5H2,1-4H3,(H2,20,22)/t12?,18-/m0/s1. The van der Waals surface area contributed by atoms with Gasteiger partial charge in [-0.3, -0.25) is 15.1 Å². The Morgan fingerprint density at radius 3 is 2.84 bits per heavy atom. The summed E-state index contributed by atoms with van der Waals surface area (Å²) in [6.45, 7) is 5.63. The van der Waals surface area contributed by atoms with E-state index in [0.717, 1.165) is 15.3 Å². The van der Waals surface area contributed by atoms with Crippen LogP contribution in [0, 0.1) is 24.2 Å². The largest absolute Gasteiger partial charge is 0.345 e. The molecule has 2 N–H and O–H groups in total. The number of aromatic nitrogens is 1. The highest BCUT2D eigenvalue weighted by molar-refractivity contribution is 7.15. The Bertz CT molecular complexity index is 849. The Kier molecular flexibility index (Phi) is 4.36. The number of nitrogens with zero attached hydrogens (tertiary/aromatic N) is 2. The molecule has 25 heavy (non-hydrogen) atoms. The average Bonchev–Trinajstić information content (AvgIpc) is 3.06.